The zero-order valence-electron chi connectivity index (χ0n) is 10.7. The summed E-state index contributed by atoms with van der Waals surface area (Å²) in [6.07, 6.45) is 3.51. The number of benzene rings is 1. The summed E-state index contributed by atoms with van der Waals surface area (Å²) >= 11 is 0. The highest BCUT2D eigenvalue weighted by Crippen LogP contribution is 2.54. The third kappa shape index (κ3) is 2.31. The Hall–Kier alpha value is -1.94. The van der Waals surface area contributed by atoms with Gasteiger partial charge in [0, 0.05) is 12.4 Å². The lowest BCUT2D eigenvalue weighted by Crippen LogP contribution is -2.07. The second-order valence-corrected chi connectivity index (χ2v) is 4.81. The van der Waals surface area contributed by atoms with Gasteiger partial charge in [-0.05, 0) is 23.8 Å². The highest BCUT2D eigenvalue weighted by Gasteiger charge is 2.45. The van der Waals surface area contributed by atoms with Gasteiger partial charge in [-0.15, -0.1) is 0 Å². The smallest absolute Gasteiger partial charge is 0.238 e. The molecule has 1 aliphatic rings. The molecular formula is C15H16N2O2. The summed E-state index contributed by atoms with van der Waals surface area (Å²) in [5, 5.41) is 10.4. The van der Waals surface area contributed by atoms with Gasteiger partial charge in [0.2, 0.25) is 5.88 Å². The molecule has 0 radical (unpaired) electrons. The van der Waals surface area contributed by atoms with Crippen LogP contribution in [0.3, 0.4) is 0 Å². The highest BCUT2D eigenvalue weighted by molar-refractivity contribution is 5.30. The van der Waals surface area contributed by atoms with Crippen LogP contribution in [-0.4, -0.2) is 22.2 Å². The summed E-state index contributed by atoms with van der Waals surface area (Å²) in [6.45, 7) is 0. The molecule has 3 unspecified atom stereocenters. The van der Waals surface area contributed by atoms with Crippen LogP contribution < -0.4 is 4.74 Å². The molecule has 3 rings (SSSR count). The van der Waals surface area contributed by atoms with E-state index < -0.39 is 6.10 Å². The number of aliphatic hydroxyl groups excluding tert-OH is 1. The van der Waals surface area contributed by atoms with Gasteiger partial charge >= 0.3 is 0 Å². The Kier molecular flexibility index (Phi) is 3.17. The van der Waals surface area contributed by atoms with Crippen LogP contribution in [0.4, 0.5) is 0 Å². The minimum atomic E-state index is -0.617. The number of nitrogens with zero attached hydrogens (tertiary/aromatic N) is 2. The first-order chi connectivity index (χ1) is 9.31. The molecule has 1 N–H and O–H groups in total. The molecule has 4 nitrogen and oxygen atoms in total. The number of aliphatic hydroxyl groups is 1. The molecule has 1 saturated carbocycles. The summed E-state index contributed by atoms with van der Waals surface area (Å²) in [5.41, 5.74) is 1.81. The van der Waals surface area contributed by atoms with Crippen LogP contribution in [0.5, 0.6) is 5.88 Å². The van der Waals surface area contributed by atoms with Gasteiger partial charge in [-0.1, -0.05) is 30.3 Å². The molecule has 3 atom stereocenters. The molecule has 0 aliphatic heterocycles. The van der Waals surface area contributed by atoms with Crippen molar-refractivity contribution in [1.82, 2.24) is 9.97 Å². The SMILES string of the molecule is COc1nccnc1C(O)C1CC1c1ccccc1. The zero-order chi connectivity index (χ0) is 13.2. The Morgan fingerprint density at radius 3 is 2.68 bits per heavy atom. The van der Waals surface area contributed by atoms with E-state index in [9.17, 15) is 5.11 Å². The van der Waals surface area contributed by atoms with Gasteiger partial charge < -0.3 is 9.84 Å². The van der Waals surface area contributed by atoms with Crippen molar-refractivity contribution in [3.05, 3.63) is 54.0 Å². The van der Waals surface area contributed by atoms with Crippen molar-refractivity contribution in [3.8, 4) is 5.88 Å². The van der Waals surface area contributed by atoms with E-state index in [-0.39, 0.29) is 5.92 Å². The Bertz CT molecular complexity index is 559. The lowest BCUT2D eigenvalue weighted by molar-refractivity contribution is 0.141. The van der Waals surface area contributed by atoms with Crippen molar-refractivity contribution in [2.24, 2.45) is 5.92 Å². The van der Waals surface area contributed by atoms with Gasteiger partial charge in [0.15, 0.2) is 0 Å². The van der Waals surface area contributed by atoms with E-state index in [4.69, 9.17) is 4.74 Å². The van der Waals surface area contributed by atoms with E-state index in [1.54, 1.807) is 19.5 Å². The van der Waals surface area contributed by atoms with E-state index in [0.717, 1.165) is 6.42 Å². The fourth-order valence-electron chi connectivity index (χ4n) is 2.55. The average molecular weight is 256 g/mol. The lowest BCUT2D eigenvalue weighted by atomic mass is 10.1. The standard InChI is InChI=1S/C15H16N2O2/c1-19-15-13(16-7-8-17-15)14(18)12-9-11(12)10-5-3-2-4-6-10/h2-8,11-12,14,18H,9H2,1H3. The minimum absolute atomic E-state index is 0.202. The van der Waals surface area contributed by atoms with Crippen molar-refractivity contribution < 1.29 is 9.84 Å². The molecule has 2 aromatic rings. The summed E-state index contributed by atoms with van der Waals surface area (Å²) in [5.74, 6) is 1.02. The fraction of sp³-hybridized carbons (Fsp3) is 0.333. The lowest BCUT2D eigenvalue weighted by Gasteiger charge is -2.12. The van der Waals surface area contributed by atoms with Crippen LogP contribution in [0.2, 0.25) is 0 Å². The summed E-state index contributed by atoms with van der Waals surface area (Å²) in [7, 11) is 1.54. The molecule has 0 spiro atoms. The Balaban J connectivity index is 1.78. The molecule has 1 heterocycles. The van der Waals surface area contributed by atoms with Crippen LogP contribution >= 0.6 is 0 Å². The second kappa shape index (κ2) is 4.97. The predicted molar refractivity (Wildman–Crippen MR) is 70.8 cm³/mol. The maximum absolute atomic E-state index is 10.4. The second-order valence-electron chi connectivity index (χ2n) is 4.81. The summed E-state index contributed by atoms with van der Waals surface area (Å²) in [6, 6.07) is 10.3. The third-order valence-corrected chi connectivity index (χ3v) is 3.64. The van der Waals surface area contributed by atoms with Crippen LogP contribution in [0, 0.1) is 5.92 Å². The van der Waals surface area contributed by atoms with Gasteiger partial charge in [0.1, 0.15) is 11.8 Å². The Morgan fingerprint density at radius 1 is 1.21 bits per heavy atom. The Labute approximate surface area is 112 Å². The van der Waals surface area contributed by atoms with Crippen molar-refractivity contribution in [1.29, 1.82) is 0 Å². The molecule has 1 aliphatic carbocycles. The molecule has 1 fully saturated rings. The largest absolute Gasteiger partial charge is 0.480 e. The predicted octanol–water partition coefficient (Wildman–Crippen LogP) is 2.32. The third-order valence-electron chi connectivity index (χ3n) is 3.64. The topological polar surface area (TPSA) is 55.2 Å². The highest BCUT2D eigenvalue weighted by atomic mass is 16.5. The van der Waals surface area contributed by atoms with Crippen LogP contribution in [0.1, 0.15) is 29.7 Å². The van der Waals surface area contributed by atoms with Crippen LogP contribution in [-0.2, 0) is 0 Å². The first-order valence-electron chi connectivity index (χ1n) is 6.39. The molecule has 4 heteroatoms. The van der Waals surface area contributed by atoms with E-state index in [1.807, 2.05) is 18.2 Å². The summed E-state index contributed by atoms with van der Waals surface area (Å²) in [4.78, 5) is 8.28. The molecule has 1 aromatic heterocycles. The number of methoxy groups -OCH3 is 1. The van der Waals surface area contributed by atoms with E-state index in [0.29, 0.717) is 17.5 Å². The van der Waals surface area contributed by atoms with Gasteiger partial charge in [-0.25, -0.2) is 4.98 Å². The van der Waals surface area contributed by atoms with Gasteiger partial charge in [-0.3, -0.25) is 4.98 Å². The fourth-order valence-corrected chi connectivity index (χ4v) is 2.55. The van der Waals surface area contributed by atoms with Crippen molar-refractivity contribution in [3.63, 3.8) is 0 Å². The molecule has 19 heavy (non-hydrogen) atoms. The number of hydrogen-bond donors (Lipinski definition) is 1. The maximum atomic E-state index is 10.4. The van der Waals surface area contributed by atoms with Crippen molar-refractivity contribution in [2.75, 3.05) is 7.11 Å². The molecule has 0 amide bonds. The average Bonchev–Trinajstić information content (AvgIpc) is 3.28. The molecule has 1 aromatic carbocycles. The van der Waals surface area contributed by atoms with E-state index in [1.165, 1.54) is 5.56 Å². The van der Waals surface area contributed by atoms with E-state index in [2.05, 4.69) is 22.1 Å². The van der Waals surface area contributed by atoms with Gasteiger partial charge in [-0.2, -0.15) is 0 Å². The quantitative estimate of drug-likeness (QED) is 0.912. The minimum Gasteiger partial charge on any atom is -0.480 e. The number of rotatable bonds is 4. The normalized spacial score (nSPS) is 22.8. The maximum Gasteiger partial charge on any atom is 0.238 e. The number of ether oxygens (including phenoxy) is 1. The first kappa shape index (κ1) is 12.1. The molecule has 0 bridgehead atoms. The first-order valence-corrected chi connectivity index (χ1v) is 6.39. The van der Waals surface area contributed by atoms with Crippen molar-refractivity contribution in [2.45, 2.75) is 18.4 Å². The van der Waals surface area contributed by atoms with Crippen molar-refractivity contribution >= 4 is 0 Å². The molecule has 0 saturated heterocycles. The van der Waals surface area contributed by atoms with E-state index >= 15 is 0 Å². The van der Waals surface area contributed by atoms with Gasteiger partial charge in [0.05, 0.1) is 7.11 Å². The van der Waals surface area contributed by atoms with Crippen LogP contribution in [0.15, 0.2) is 42.7 Å². The zero-order valence-corrected chi connectivity index (χ0v) is 10.7. The summed E-state index contributed by atoms with van der Waals surface area (Å²) < 4.78 is 5.15. The Morgan fingerprint density at radius 2 is 1.95 bits per heavy atom. The number of hydrogen-bond acceptors (Lipinski definition) is 4. The molecular weight excluding hydrogens is 240 g/mol. The monoisotopic (exact) mass is 256 g/mol. The molecule has 98 valence electrons. The number of aromatic nitrogens is 2. The van der Waals surface area contributed by atoms with Crippen LogP contribution in [0.25, 0.3) is 0 Å². The van der Waals surface area contributed by atoms with Gasteiger partial charge in [0.25, 0.3) is 0 Å².